The highest BCUT2D eigenvalue weighted by Gasteiger charge is 2.28. The molecule has 0 atom stereocenters. The topological polar surface area (TPSA) is 121 Å². The number of anilines is 2. The standard InChI is InChI=1S/C25H21FN6O3/c1-13-11-28-23(30-13)18-6-5-16(19-12-29-24(33)22(18)19)17-4-3-14(9-20(17)26)31-25(34)32-21-10-15(35-2)7-8-27-21/h3-11H,12H2,1-2H3,(H,28,30)(H,29,33)(H2,27,31,32,34). The van der Waals surface area contributed by atoms with Crippen LogP contribution >= 0.6 is 0 Å². The number of fused-ring (bicyclic) bond motifs is 1. The fraction of sp³-hybridized carbons (Fsp3) is 0.120. The van der Waals surface area contributed by atoms with Gasteiger partial charge in [-0.2, -0.15) is 0 Å². The average Bonchev–Trinajstić information content (AvgIpc) is 3.45. The predicted molar refractivity (Wildman–Crippen MR) is 129 cm³/mol. The Balaban J connectivity index is 1.41. The van der Waals surface area contributed by atoms with E-state index in [2.05, 4.69) is 30.9 Å². The van der Waals surface area contributed by atoms with Crippen molar-refractivity contribution in [2.24, 2.45) is 0 Å². The summed E-state index contributed by atoms with van der Waals surface area (Å²) in [5.74, 6) is 0.648. The molecule has 4 aromatic rings. The number of carbonyl (C=O) groups excluding carboxylic acids is 2. The number of imidazole rings is 1. The van der Waals surface area contributed by atoms with Gasteiger partial charge in [0.25, 0.3) is 5.91 Å². The molecule has 3 amide bonds. The maximum atomic E-state index is 15.2. The molecule has 9 nitrogen and oxygen atoms in total. The Hall–Kier alpha value is -4.73. The number of carbonyl (C=O) groups is 2. The van der Waals surface area contributed by atoms with Crippen molar-refractivity contribution in [1.29, 1.82) is 0 Å². The normalized spacial score (nSPS) is 12.1. The number of hydrogen-bond acceptors (Lipinski definition) is 5. The fourth-order valence-corrected chi connectivity index (χ4v) is 4.04. The number of nitrogens with one attached hydrogen (secondary N) is 4. The van der Waals surface area contributed by atoms with Gasteiger partial charge in [0, 0.05) is 47.5 Å². The number of rotatable bonds is 5. The zero-order valence-corrected chi connectivity index (χ0v) is 18.9. The molecule has 0 unspecified atom stereocenters. The summed E-state index contributed by atoms with van der Waals surface area (Å²) in [6.45, 7) is 2.16. The number of amides is 3. The number of aromatic amines is 1. The van der Waals surface area contributed by atoms with Gasteiger partial charge in [-0.25, -0.2) is 19.2 Å². The van der Waals surface area contributed by atoms with Gasteiger partial charge in [-0.1, -0.05) is 6.07 Å². The molecule has 0 saturated heterocycles. The smallest absolute Gasteiger partial charge is 0.324 e. The minimum Gasteiger partial charge on any atom is -0.497 e. The Morgan fingerprint density at radius 2 is 1.86 bits per heavy atom. The number of ether oxygens (including phenoxy) is 1. The van der Waals surface area contributed by atoms with Gasteiger partial charge in [0.1, 0.15) is 23.2 Å². The number of aromatic nitrogens is 3. The molecule has 2 aromatic carbocycles. The van der Waals surface area contributed by atoms with Gasteiger partial charge in [0.2, 0.25) is 0 Å². The van der Waals surface area contributed by atoms with Crippen LogP contribution in [0.3, 0.4) is 0 Å². The molecule has 176 valence electrons. The van der Waals surface area contributed by atoms with E-state index in [1.54, 1.807) is 42.6 Å². The molecule has 0 radical (unpaired) electrons. The third-order valence-electron chi connectivity index (χ3n) is 5.65. The lowest BCUT2D eigenvalue weighted by Crippen LogP contribution is -2.20. The van der Waals surface area contributed by atoms with Gasteiger partial charge >= 0.3 is 6.03 Å². The number of aryl methyl sites for hydroxylation is 1. The van der Waals surface area contributed by atoms with E-state index in [1.165, 1.54) is 19.4 Å². The molecule has 5 rings (SSSR count). The fourth-order valence-electron chi connectivity index (χ4n) is 4.04. The summed E-state index contributed by atoms with van der Waals surface area (Å²) in [6.07, 6.45) is 3.19. The van der Waals surface area contributed by atoms with E-state index < -0.39 is 11.8 Å². The molecule has 0 bridgehead atoms. The van der Waals surface area contributed by atoms with Gasteiger partial charge in [-0.05, 0) is 48.4 Å². The SMILES string of the molecule is COc1ccnc(NC(=O)Nc2ccc(-c3ccc(-c4ncc(C)[nH]4)c4c3CNC4=O)c(F)c2)c1. The van der Waals surface area contributed by atoms with Crippen molar-refractivity contribution in [3.8, 4) is 28.3 Å². The molecule has 0 saturated carbocycles. The van der Waals surface area contributed by atoms with E-state index in [0.717, 1.165) is 5.69 Å². The first-order valence-corrected chi connectivity index (χ1v) is 10.8. The van der Waals surface area contributed by atoms with Gasteiger partial charge in [-0.15, -0.1) is 0 Å². The zero-order chi connectivity index (χ0) is 24.5. The molecule has 1 aliphatic heterocycles. The van der Waals surface area contributed by atoms with E-state index >= 15 is 4.39 Å². The molecular weight excluding hydrogens is 451 g/mol. The molecule has 35 heavy (non-hydrogen) atoms. The summed E-state index contributed by atoms with van der Waals surface area (Å²) in [5.41, 5.74) is 3.89. The lowest BCUT2D eigenvalue weighted by Gasteiger charge is -2.13. The quantitative estimate of drug-likeness (QED) is 0.341. The lowest BCUT2D eigenvalue weighted by atomic mass is 9.92. The Bertz CT molecular complexity index is 1470. The summed E-state index contributed by atoms with van der Waals surface area (Å²) in [7, 11) is 1.51. The second-order valence-electron chi connectivity index (χ2n) is 7.97. The number of H-pyrrole nitrogens is 1. The van der Waals surface area contributed by atoms with Gasteiger partial charge in [0.15, 0.2) is 0 Å². The number of halogens is 1. The molecule has 2 aromatic heterocycles. The number of hydrogen-bond donors (Lipinski definition) is 4. The summed E-state index contributed by atoms with van der Waals surface area (Å²) < 4.78 is 20.3. The van der Waals surface area contributed by atoms with Crippen LogP contribution in [0.2, 0.25) is 0 Å². The molecular formula is C25H21FN6O3. The predicted octanol–water partition coefficient (Wildman–Crippen LogP) is 4.48. The average molecular weight is 472 g/mol. The first kappa shape index (κ1) is 22.1. The summed E-state index contributed by atoms with van der Waals surface area (Å²) in [4.78, 5) is 36.4. The second-order valence-corrected chi connectivity index (χ2v) is 7.97. The molecule has 0 spiro atoms. The maximum Gasteiger partial charge on any atom is 0.324 e. The molecule has 4 N–H and O–H groups in total. The van der Waals surface area contributed by atoms with Gasteiger partial charge in [-0.3, -0.25) is 10.1 Å². The monoisotopic (exact) mass is 472 g/mol. The molecule has 1 aliphatic rings. The first-order chi connectivity index (χ1) is 16.9. The van der Waals surface area contributed by atoms with E-state index in [9.17, 15) is 9.59 Å². The molecule has 10 heteroatoms. The molecule has 0 fully saturated rings. The third-order valence-corrected chi connectivity index (χ3v) is 5.65. The van der Waals surface area contributed by atoms with E-state index in [1.807, 2.05) is 6.92 Å². The van der Waals surface area contributed by atoms with Gasteiger partial charge < -0.3 is 20.4 Å². The third kappa shape index (κ3) is 4.29. The van der Waals surface area contributed by atoms with Crippen LogP contribution < -0.4 is 20.7 Å². The highest BCUT2D eigenvalue weighted by molar-refractivity contribution is 6.06. The van der Waals surface area contributed by atoms with Crippen molar-refractivity contribution in [1.82, 2.24) is 20.3 Å². The Morgan fingerprint density at radius 1 is 1.06 bits per heavy atom. The lowest BCUT2D eigenvalue weighted by molar-refractivity contribution is 0.0966. The Kier molecular flexibility index (Phi) is 5.61. The van der Waals surface area contributed by atoms with E-state index in [-0.39, 0.29) is 18.1 Å². The summed E-state index contributed by atoms with van der Waals surface area (Å²) in [6, 6.07) is 10.6. The summed E-state index contributed by atoms with van der Waals surface area (Å²) >= 11 is 0. The Morgan fingerprint density at radius 3 is 2.60 bits per heavy atom. The van der Waals surface area contributed by atoms with Crippen LogP contribution in [0, 0.1) is 12.7 Å². The highest BCUT2D eigenvalue weighted by Crippen LogP contribution is 2.36. The number of urea groups is 1. The summed E-state index contributed by atoms with van der Waals surface area (Å²) in [5, 5.41) is 7.98. The van der Waals surface area contributed by atoms with Crippen LogP contribution in [0.1, 0.15) is 21.6 Å². The second kappa shape index (κ2) is 8.90. The van der Waals surface area contributed by atoms with Crippen LogP contribution in [-0.2, 0) is 6.54 Å². The number of methoxy groups -OCH3 is 1. The van der Waals surface area contributed by atoms with Crippen LogP contribution in [-0.4, -0.2) is 34.0 Å². The molecule has 0 aliphatic carbocycles. The van der Waals surface area contributed by atoms with Crippen molar-refractivity contribution in [2.75, 3.05) is 17.7 Å². The largest absolute Gasteiger partial charge is 0.497 e. The van der Waals surface area contributed by atoms with Crippen molar-refractivity contribution in [3.63, 3.8) is 0 Å². The molecule has 3 heterocycles. The van der Waals surface area contributed by atoms with Crippen molar-refractivity contribution < 1.29 is 18.7 Å². The van der Waals surface area contributed by atoms with Crippen molar-refractivity contribution in [3.05, 3.63) is 77.5 Å². The van der Waals surface area contributed by atoms with Crippen molar-refractivity contribution in [2.45, 2.75) is 13.5 Å². The highest BCUT2D eigenvalue weighted by atomic mass is 19.1. The zero-order valence-electron chi connectivity index (χ0n) is 18.9. The van der Waals surface area contributed by atoms with Crippen LogP contribution in [0.4, 0.5) is 20.7 Å². The Labute approximate surface area is 199 Å². The van der Waals surface area contributed by atoms with E-state index in [4.69, 9.17) is 4.74 Å². The number of nitrogens with zero attached hydrogens (tertiary/aromatic N) is 2. The minimum atomic E-state index is -0.577. The van der Waals surface area contributed by atoms with Crippen molar-refractivity contribution >= 4 is 23.4 Å². The first-order valence-electron chi connectivity index (χ1n) is 10.8. The number of pyridine rings is 1. The van der Waals surface area contributed by atoms with Crippen LogP contribution in [0.25, 0.3) is 22.5 Å². The van der Waals surface area contributed by atoms with Gasteiger partial charge in [0.05, 0.1) is 12.7 Å². The van der Waals surface area contributed by atoms with Crippen LogP contribution in [0.5, 0.6) is 5.75 Å². The maximum absolute atomic E-state index is 15.2. The van der Waals surface area contributed by atoms with E-state index in [0.29, 0.717) is 45.2 Å². The minimum absolute atomic E-state index is 0.229. The number of benzene rings is 2. The van der Waals surface area contributed by atoms with Crippen LogP contribution in [0.15, 0.2) is 54.9 Å².